The molecule has 2 N–H and O–H groups in total. The molecular formula is C9H18F2IN3. The van der Waals surface area contributed by atoms with Gasteiger partial charge in [0.25, 0.3) is 0 Å². The van der Waals surface area contributed by atoms with Crippen LogP contribution < -0.4 is 5.73 Å². The number of rotatable bonds is 4. The topological polar surface area (TPSA) is 41.6 Å². The molecule has 3 nitrogen and oxygen atoms in total. The third-order valence-corrected chi connectivity index (χ3v) is 2.51. The van der Waals surface area contributed by atoms with E-state index in [1.165, 1.54) is 0 Å². The van der Waals surface area contributed by atoms with Crippen LogP contribution in [0.1, 0.15) is 20.3 Å². The second-order valence-corrected chi connectivity index (χ2v) is 3.46. The van der Waals surface area contributed by atoms with E-state index in [-0.39, 0.29) is 30.0 Å². The second-order valence-electron chi connectivity index (χ2n) is 3.46. The Kier molecular flexibility index (Phi) is 6.38. The Morgan fingerprint density at radius 1 is 1.47 bits per heavy atom. The van der Waals surface area contributed by atoms with Crippen molar-refractivity contribution in [2.75, 3.05) is 13.1 Å². The average molecular weight is 333 g/mol. The minimum Gasteiger partial charge on any atom is -0.370 e. The zero-order valence-electron chi connectivity index (χ0n) is 8.99. The van der Waals surface area contributed by atoms with Gasteiger partial charge in [-0.05, 0) is 20.3 Å². The summed E-state index contributed by atoms with van der Waals surface area (Å²) in [5.41, 5.74) is 5.67. The smallest absolute Gasteiger partial charge is 0.243 e. The van der Waals surface area contributed by atoms with Crippen LogP contribution in [0.2, 0.25) is 0 Å². The van der Waals surface area contributed by atoms with Crippen molar-refractivity contribution in [3.63, 3.8) is 0 Å². The lowest BCUT2D eigenvalue weighted by molar-refractivity contribution is 0.121. The van der Waals surface area contributed by atoms with E-state index in [2.05, 4.69) is 4.99 Å². The van der Waals surface area contributed by atoms with Crippen LogP contribution in [0.15, 0.2) is 4.99 Å². The van der Waals surface area contributed by atoms with Gasteiger partial charge in [-0.25, -0.2) is 13.8 Å². The summed E-state index contributed by atoms with van der Waals surface area (Å²) in [6.07, 6.45) is -1.78. The number of halogens is 3. The summed E-state index contributed by atoms with van der Waals surface area (Å²) < 4.78 is 24.3. The summed E-state index contributed by atoms with van der Waals surface area (Å²) in [7, 11) is 0. The van der Waals surface area contributed by atoms with Gasteiger partial charge in [0, 0.05) is 19.0 Å². The molecule has 1 aliphatic rings. The van der Waals surface area contributed by atoms with Crippen LogP contribution >= 0.6 is 24.0 Å². The molecule has 6 heteroatoms. The molecule has 0 bridgehead atoms. The zero-order valence-corrected chi connectivity index (χ0v) is 11.3. The fraction of sp³-hybridized carbons (Fsp3) is 0.889. The Balaban J connectivity index is 0.00000196. The Morgan fingerprint density at radius 2 is 2.00 bits per heavy atom. The van der Waals surface area contributed by atoms with Crippen molar-refractivity contribution < 1.29 is 8.78 Å². The van der Waals surface area contributed by atoms with E-state index in [1.54, 1.807) is 0 Å². The van der Waals surface area contributed by atoms with Crippen molar-refractivity contribution in [1.29, 1.82) is 0 Å². The van der Waals surface area contributed by atoms with E-state index in [4.69, 9.17) is 5.73 Å². The molecule has 0 saturated heterocycles. The summed E-state index contributed by atoms with van der Waals surface area (Å²) in [4.78, 5) is 5.94. The molecular weight excluding hydrogens is 315 g/mol. The van der Waals surface area contributed by atoms with Gasteiger partial charge in [-0.3, -0.25) is 0 Å². The quantitative estimate of drug-likeness (QED) is 0.485. The van der Waals surface area contributed by atoms with Gasteiger partial charge >= 0.3 is 0 Å². The minimum atomic E-state index is -2.26. The van der Waals surface area contributed by atoms with Gasteiger partial charge < -0.3 is 10.6 Å². The van der Waals surface area contributed by atoms with Crippen molar-refractivity contribution >= 4 is 29.9 Å². The normalized spacial score (nSPS) is 25.0. The van der Waals surface area contributed by atoms with Crippen LogP contribution in [0, 0.1) is 5.92 Å². The Hall–Kier alpha value is -0.140. The Bertz CT molecular complexity index is 219. The zero-order chi connectivity index (χ0) is 10.7. The first kappa shape index (κ1) is 14.9. The molecule has 0 spiro atoms. The lowest BCUT2D eigenvalue weighted by Gasteiger charge is -2.19. The molecule has 1 fully saturated rings. The first-order chi connectivity index (χ1) is 6.60. The van der Waals surface area contributed by atoms with Crippen LogP contribution in [-0.2, 0) is 0 Å². The van der Waals surface area contributed by atoms with Crippen LogP contribution in [0.5, 0.6) is 0 Å². The monoisotopic (exact) mass is 333 g/mol. The fourth-order valence-corrected chi connectivity index (χ4v) is 1.42. The average Bonchev–Trinajstić information content (AvgIpc) is 2.86. The van der Waals surface area contributed by atoms with Gasteiger partial charge in [-0.2, -0.15) is 0 Å². The van der Waals surface area contributed by atoms with Gasteiger partial charge in [0.1, 0.15) is 0 Å². The largest absolute Gasteiger partial charge is 0.370 e. The number of hydrogen-bond donors (Lipinski definition) is 1. The number of hydrogen-bond acceptors (Lipinski definition) is 1. The first-order valence-corrected chi connectivity index (χ1v) is 4.96. The SMILES string of the molecule is CCN(CC)C(N)=N[C@H]1C[C@@H]1C(F)F.I. The Labute approximate surface area is 106 Å². The van der Waals surface area contributed by atoms with Crippen molar-refractivity contribution in [2.24, 2.45) is 16.6 Å². The molecule has 0 heterocycles. The predicted octanol–water partition coefficient (Wildman–Crippen LogP) is 1.91. The molecule has 0 unspecified atom stereocenters. The van der Waals surface area contributed by atoms with E-state index in [1.807, 2.05) is 18.7 Å². The van der Waals surface area contributed by atoms with Gasteiger partial charge in [0.2, 0.25) is 6.43 Å². The van der Waals surface area contributed by atoms with E-state index >= 15 is 0 Å². The molecule has 0 aromatic heterocycles. The molecule has 0 aromatic carbocycles. The fourth-order valence-electron chi connectivity index (χ4n) is 1.42. The molecule has 1 aliphatic carbocycles. The van der Waals surface area contributed by atoms with Crippen LogP contribution in [0.3, 0.4) is 0 Å². The predicted molar refractivity (Wildman–Crippen MR) is 67.9 cm³/mol. The molecule has 2 atom stereocenters. The highest BCUT2D eigenvalue weighted by Crippen LogP contribution is 2.38. The van der Waals surface area contributed by atoms with Crippen LogP contribution in [0.4, 0.5) is 8.78 Å². The maximum absolute atomic E-state index is 12.2. The number of nitrogens with zero attached hydrogens (tertiary/aromatic N) is 2. The molecule has 0 aromatic rings. The van der Waals surface area contributed by atoms with Gasteiger partial charge in [-0.15, -0.1) is 24.0 Å². The van der Waals surface area contributed by atoms with E-state index in [0.29, 0.717) is 12.4 Å². The lowest BCUT2D eigenvalue weighted by atomic mass is 10.4. The highest BCUT2D eigenvalue weighted by atomic mass is 127. The summed E-state index contributed by atoms with van der Waals surface area (Å²) in [5.74, 6) is -0.174. The van der Waals surface area contributed by atoms with Crippen molar-refractivity contribution in [3.8, 4) is 0 Å². The second kappa shape index (κ2) is 6.44. The highest BCUT2D eigenvalue weighted by Gasteiger charge is 2.44. The molecule has 90 valence electrons. The Morgan fingerprint density at radius 3 is 2.33 bits per heavy atom. The number of nitrogens with two attached hydrogens (primary N) is 1. The summed E-state index contributed by atoms with van der Waals surface area (Å²) >= 11 is 0. The van der Waals surface area contributed by atoms with E-state index in [0.717, 1.165) is 13.1 Å². The molecule has 0 amide bonds. The summed E-state index contributed by atoms with van der Waals surface area (Å²) in [5, 5.41) is 0. The molecule has 15 heavy (non-hydrogen) atoms. The number of guanidine groups is 1. The van der Waals surface area contributed by atoms with E-state index < -0.39 is 12.3 Å². The maximum atomic E-state index is 12.2. The number of alkyl halides is 2. The maximum Gasteiger partial charge on any atom is 0.243 e. The molecule has 1 saturated carbocycles. The summed E-state index contributed by atoms with van der Waals surface area (Å²) in [6.45, 7) is 5.45. The van der Waals surface area contributed by atoms with Gasteiger partial charge in [0.15, 0.2) is 5.96 Å². The summed E-state index contributed by atoms with van der Waals surface area (Å²) in [6, 6.07) is -0.254. The highest BCUT2D eigenvalue weighted by molar-refractivity contribution is 14.0. The molecule has 1 rings (SSSR count). The third-order valence-electron chi connectivity index (χ3n) is 2.51. The van der Waals surface area contributed by atoms with Crippen LogP contribution in [0.25, 0.3) is 0 Å². The van der Waals surface area contributed by atoms with Gasteiger partial charge in [-0.1, -0.05) is 0 Å². The standard InChI is InChI=1S/C9H17F2N3.HI/c1-3-14(4-2)9(12)13-7-5-6(7)8(10)11;/h6-8H,3-5H2,1-2H3,(H2,12,13);1H/t6-,7-;/m0./s1. The minimum absolute atomic E-state index is 0. The van der Waals surface area contributed by atoms with Crippen molar-refractivity contribution in [2.45, 2.75) is 32.7 Å². The van der Waals surface area contributed by atoms with E-state index in [9.17, 15) is 8.78 Å². The van der Waals surface area contributed by atoms with Crippen molar-refractivity contribution in [3.05, 3.63) is 0 Å². The molecule has 0 radical (unpaired) electrons. The number of aliphatic imine (C=N–C) groups is 1. The van der Waals surface area contributed by atoms with Crippen LogP contribution in [-0.4, -0.2) is 36.4 Å². The van der Waals surface area contributed by atoms with Crippen molar-refractivity contribution in [1.82, 2.24) is 4.90 Å². The lowest BCUT2D eigenvalue weighted by Crippen LogP contribution is -2.37. The first-order valence-electron chi connectivity index (χ1n) is 4.96. The van der Waals surface area contributed by atoms with Gasteiger partial charge in [0.05, 0.1) is 6.04 Å². The third kappa shape index (κ3) is 4.08. The molecule has 0 aliphatic heterocycles.